The van der Waals surface area contributed by atoms with E-state index in [-0.39, 0.29) is 24.7 Å². The molecule has 10 heteroatoms. The molecule has 27 heavy (non-hydrogen) atoms. The van der Waals surface area contributed by atoms with Crippen LogP contribution in [0.5, 0.6) is 5.75 Å². The highest BCUT2D eigenvalue weighted by Gasteiger charge is 2.30. The Morgan fingerprint density at radius 2 is 1.93 bits per heavy atom. The molecule has 1 aromatic carbocycles. The van der Waals surface area contributed by atoms with Gasteiger partial charge in [-0.2, -0.15) is 8.42 Å². The molecule has 1 saturated heterocycles. The van der Waals surface area contributed by atoms with Crippen molar-refractivity contribution in [1.82, 2.24) is 9.80 Å². The molecule has 0 aliphatic carbocycles. The van der Waals surface area contributed by atoms with Crippen LogP contribution in [0.15, 0.2) is 18.2 Å². The van der Waals surface area contributed by atoms with E-state index in [4.69, 9.17) is 20.5 Å². The van der Waals surface area contributed by atoms with Gasteiger partial charge in [0.05, 0.1) is 6.26 Å². The number of nitrogens with zero attached hydrogens (tertiary/aromatic N) is 2. The summed E-state index contributed by atoms with van der Waals surface area (Å²) < 4.78 is 32.7. The molecule has 1 aliphatic rings. The van der Waals surface area contributed by atoms with Crippen LogP contribution in [0.3, 0.4) is 0 Å². The molecule has 2 amide bonds. The van der Waals surface area contributed by atoms with E-state index in [1.165, 1.54) is 23.1 Å². The van der Waals surface area contributed by atoms with Gasteiger partial charge in [0.2, 0.25) is 5.91 Å². The van der Waals surface area contributed by atoms with Crippen molar-refractivity contribution in [3.05, 3.63) is 28.8 Å². The van der Waals surface area contributed by atoms with Crippen LogP contribution < -0.4 is 4.18 Å². The van der Waals surface area contributed by atoms with E-state index in [1.54, 1.807) is 25.7 Å². The standard InChI is InChI=1S/C17H23ClN2O6S/c1-17(2,3)25-16(22)20-8-7-19(15(21)11-20)10-12-9-13(5-6-14(12)18)26-27(4,23)24/h5-6,9H,7-8,10-11H2,1-4H3. The van der Waals surface area contributed by atoms with Gasteiger partial charge in [0, 0.05) is 24.7 Å². The number of hydrogen-bond donors (Lipinski definition) is 0. The number of benzene rings is 1. The van der Waals surface area contributed by atoms with E-state index in [1.807, 2.05) is 0 Å². The maximum Gasteiger partial charge on any atom is 0.410 e. The fourth-order valence-corrected chi connectivity index (χ4v) is 3.09. The summed E-state index contributed by atoms with van der Waals surface area (Å²) in [6.07, 6.45) is 0.415. The number of carbonyl (C=O) groups excluding carboxylic acids is 2. The third kappa shape index (κ3) is 6.59. The minimum Gasteiger partial charge on any atom is -0.444 e. The first-order valence-electron chi connectivity index (χ1n) is 8.28. The predicted octanol–water partition coefficient (Wildman–Crippen LogP) is 2.26. The Balaban J connectivity index is 2.04. The molecular weight excluding hydrogens is 396 g/mol. The summed E-state index contributed by atoms with van der Waals surface area (Å²) >= 11 is 6.16. The quantitative estimate of drug-likeness (QED) is 0.696. The van der Waals surface area contributed by atoms with Crippen LogP contribution in [0.2, 0.25) is 5.02 Å². The van der Waals surface area contributed by atoms with Crippen LogP contribution >= 0.6 is 11.6 Å². The fraction of sp³-hybridized carbons (Fsp3) is 0.529. The van der Waals surface area contributed by atoms with Crippen molar-refractivity contribution in [2.75, 3.05) is 25.9 Å². The fourth-order valence-electron chi connectivity index (χ4n) is 2.46. The van der Waals surface area contributed by atoms with Gasteiger partial charge in [-0.15, -0.1) is 0 Å². The lowest BCUT2D eigenvalue weighted by Gasteiger charge is -2.35. The van der Waals surface area contributed by atoms with Gasteiger partial charge in [-0.05, 0) is 44.5 Å². The summed E-state index contributed by atoms with van der Waals surface area (Å²) in [4.78, 5) is 27.4. The summed E-state index contributed by atoms with van der Waals surface area (Å²) in [5.41, 5.74) is -0.0814. The van der Waals surface area contributed by atoms with E-state index < -0.39 is 21.8 Å². The molecule has 8 nitrogen and oxygen atoms in total. The molecule has 0 aromatic heterocycles. The maximum atomic E-state index is 12.4. The van der Waals surface area contributed by atoms with Gasteiger partial charge >= 0.3 is 16.2 Å². The molecule has 0 unspecified atom stereocenters. The Bertz CT molecular complexity index is 834. The topological polar surface area (TPSA) is 93.2 Å². The number of halogens is 1. The van der Waals surface area contributed by atoms with Crippen molar-refractivity contribution in [3.63, 3.8) is 0 Å². The SMILES string of the molecule is CC(C)(C)OC(=O)N1CCN(Cc2cc(OS(C)(=O)=O)ccc2Cl)C(=O)C1. The second-order valence-corrected chi connectivity index (χ2v) is 9.24. The van der Waals surface area contributed by atoms with Crippen molar-refractivity contribution in [3.8, 4) is 5.75 Å². The first-order valence-corrected chi connectivity index (χ1v) is 10.5. The Morgan fingerprint density at radius 3 is 2.48 bits per heavy atom. The molecule has 0 radical (unpaired) electrons. The summed E-state index contributed by atoms with van der Waals surface area (Å²) in [5.74, 6) is -0.130. The monoisotopic (exact) mass is 418 g/mol. The second kappa shape index (κ2) is 7.93. The second-order valence-electron chi connectivity index (χ2n) is 7.26. The van der Waals surface area contributed by atoms with Gasteiger partial charge in [-0.3, -0.25) is 9.69 Å². The van der Waals surface area contributed by atoms with Gasteiger partial charge < -0.3 is 13.8 Å². The molecule has 0 N–H and O–H groups in total. The molecule has 150 valence electrons. The van der Waals surface area contributed by atoms with E-state index in [0.717, 1.165) is 6.26 Å². The van der Waals surface area contributed by atoms with Crippen molar-refractivity contribution in [1.29, 1.82) is 0 Å². The van der Waals surface area contributed by atoms with Gasteiger partial charge in [-0.1, -0.05) is 11.6 Å². The molecule has 0 spiro atoms. The number of ether oxygens (including phenoxy) is 1. The normalized spacial score (nSPS) is 15.7. The average molecular weight is 419 g/mol. The van der Waals surface area contributed by atoms with Gasteiger partial charge in [0.15, 0.2) is 0 Å². The zero-order valence-electron chi connectivity index (χ0n) is 15.7. The highest BCUT2D eigenvalue weighted by atomic mass is 35.5. The van der Waals surface area contributed by atoms with Crippen molar-refractivity contribution < 1.29 is 26.9 Å². The summed E-state index contributed by atoms with van der Waals surface area (Å²) in [5, 5.41) is 0.387. The first-order chi connectivity index (χ1) is 12.3. The zero-order valence-corrected chi connectivity index (χ0v) is 17.3. The smallest absolute Gasteiger partial charge is 0.410 e. The molecule has 1 aromatic rings. The molecule has 1 heterocycles. The predicted molar refractivity (Wildman–Crippen MR) is 100 cm³/mol. The lowest BCUT2D eigenvalue weighted by atomic mass is 10.2. The molecule has 2 rings (SSSR count). The minimum absolute atomic E-state index is 0.0912. The molecule has 1 fully saturated rings. The Labute approximate surface area is 164 Å². The molecular formula is C17H23ClN2O6S. The molecule has 0 saturated carbocycles. The lowest BCUT2D eigenvalue weighted by Crippen LogP contribution is -2.52. The highest BCUT2D eigenvalue weighted by Crippen LogP contribution is 2.25. The van der Waals surface area contributed by atoms with Gasteiger partial charge in [0.1, 0.15) is 17.9 Å². The Hall–Kier alpha value is -2.00. The summed E-state index contributed by atoms with van der Waals surface area (Å²) in [6.45, 7) is 6.01. The highest BCUT2D eigenvalue weighted by molar-refractivity contribution is 7.86. The van der Waals surface area contributed by atoms with E-state index in [0.29, 0.717) is 23.7 Å². The van der Waals surface area contributed by atoms with Crippen LogP contribution in [0.1, 0.15) is 26.3 Å². The molecule has 0 bridgehead atoms. The number of amides is 2. The van der Waals surface area contributed by atoms with Crippen LogP contribution in [-0.2, 0) is 26.2 Å². The summed E-state index contributed by atoms with van der Waals surface area (Å²) in [7, 11) is -3.66. The summed E-state index contributed by atoms with van der Waals surface area (Å²) in [6, 6.07) is 4.44. The maximum absolute atomic E-state index is 12.4. The first kappa shape index (κ1) is 21.3. The number of carbonyl (C=O) groups is 2. The third-order valence-electron chi connectivity index (χ3n) is 3.60. The Kier molecular flexibility index (Phi) is 6.26. The van der Waals surface area contributed by atoms with Crippen LogP contribution in [-0.4, -0.2) is 61.7 Å². The molecule has 1 aliphatic heterocycles. The van der Waals surface area contributed by atoms with E-state index in [9.17, 15) is 18.0 Å². The van der Waals surface area contributed by atoms with Crippen LogP contribution in [0, 0.1) is 0 Å². The van der Waals surface area contributed by atoms with Crippen LogP contribution in [0.4, 0.5) is 4.79 Å². The molecule has 0 atom stereocenters. The van der Waals surface area contributed by atoms with Crippen LogP contribution in [0.25, 0.3) is 0 Å². The number of rotatable bonds is 4. The van der Waals surface area contributed by atoms with Crippen molar-refractivity contribution in [2.24, 2.45) is 0 Å². The van der Waals surface area contributed by atoms with Gasteiger partial charge in [-0.25, -0.2) is 4.79 Å². The third-order valence-corrected chi connectivity index (χ3v) is 4.46. The number of hydrogen-bond acceptors (Lipinski definition) is 6. The largest absolute Gasteiger partial charge is 0.444 e. The number of piperazine rings is 1. The van der Waals surface area contributed by atoms with Crippen molar-refractivity contribution in [2.45, 2.75) is 32.9 Å². The zero-order chi connectivity index (χ0) is 20.4. The van der Waals surface area contributed by atoms with E-state index in [2.05, 4.69) is 0 Å². The van der Waals surface area contributed by atoms with Gasteiger partial charge in [0.25, 0.3) is 0 Å². The lowest BCUT2D eigenvalue weighted by molar-refractivity contribution is -0.136. The average Bonchev–Trinajstić information content (AvgIpc) is 2.49. The van der Waals surface area contributed by atoms with Crippen molar-refractivity contribution >= 4 is 33.7 Å². The van der Waals surface area contributed by atoms with E-state index >= 15 is 0 Å². The minimum atomic E-state index is -3.66. The Morgan fingerprint density at radius 1 is 1.26 bits per heavy atom.